The van der Waals surface area contributed by atoms with Crippen molar-refractivity contribution < 1.29 is 18.9 Å². The Kier molecular flexibility index (Phi) is 17.1. The minimum absolute atomic E-state index is 0.0114. The quantitative estimate of drug-likeness (QED) is 0.0910. The van der Waals surface area contributed by atoms with E-state index >= 15 is 0 Å². The number of hydrogen-bond acceptors (Lipinski definition) is 4. The highest BCUT2D eigenvalue weighted by Crippen LogP contribution is 2.61. The average Bonchev–Trinajstić information content (AvgIpc) is 0.726. The fourth-order valence-corrected chi connectivity index (χ4v) is 14.2. The summed E-state index contributed by atoms with van der Waals surface area (Å²) in [6.07, 6.45) is 16.8. The fourth-order valence-electron chi connectivity index (χ4n) is 14.2. The molecule has 0 saturated heterocycles. The van der Waals surface area contributed by atoms with E-state index in [4.69, 9.17) is 18.9 Å². The summed E-state index contributed by atoms with van der Waals surface area (Å²) >= 11 is 0. The molecule has 3 atom stereocenters. The first-order valence-electron chi connectivity index (χ1n) is 31.9. The maximum absolute atomic E-state index is 5.94. The summed E-state index contributed by atoms with van der Waals surface area (Å²) in [5.74, 6) is 2.26. The van der Waals surface area contributed by atoms with Crippen LogP contribution in [0.4, 0.5) is 0 Å². The van der Waals surface area contributed by atoms with Crippen LogP contribution in [0.25, 0.3) is 94.6 Å². The zero-order valence-corrected chi connectivity index (χ0v) is 52.4. The summed E-state index contributed by atoms with van der Waals surface area (Å²) < 4.78 is 23.4. The normalized spacial score (nSPS) is 16.2. The molecule has 0 N–H and O–H groups in total. The molecule has 0 saturated carbocycles. The third kappa shape index (κ3) is 11.5. The Morgan fingerprint density at radius 2 is 0.641 bits per heavy atom. The molecule has 4 heteroatoms. The van der Waals surface area contributed by atoms with E-state index < -0.39 is 0 Å². The van der Waals surface area contributed by atoms with Gasteiger partial charge >= 0.3 is 0 Å². The first-order valence-corrected chi connectivity index (χ1v) is 31.9. The lowest BCUT2D eigenvalue weighted by Gasteiger charge is -2.42. The molecule has 14 rings (SSSR count). The van der Waals surface area contributed by atoms with Gasteiger partial charge in [0.1, 0.15) is 17.2 Å². The molecule has 0 aromatic heterocycles. The number of rotatable bonds is 17. The summed E-state index contributed by atoms with van der Waals surface area (Å²) in [6.45, 7) is 0. The topological polar surface area (TPSA) is 36.9 Å². The molecule has 11 aromatic carbocycles. The van der Waals surface area contributed by atoms with Gasteiger partial charge in [0, 0.05) is 18.9 Å². The standard InChI is InChI=1S/C88H72O4/c1-89-73-51-43-69(44-52-73)85-79(63-27-15-7-16-28-63)77(61-23-11-5-12-24-61)83(81(65-31-19-9-20-32-65)87(85)71-47-55-75(91-3)56-48-71)67-39-35-59(36-40-67)60-37-41-68(42-38-60)84-78(62-25-13-6-14-26-62)80(64-29-17-8-18-30-64)86(70-45-53-74(90-2)54-46-70)88(72-49-57-76(92-4)58-50-72)82(84)66-33-21-10-22-34-66/h5-7,9-17,19-51,53-58,73,85,87H,8,18,52H2,1-4H3. The molecule has 448 valence electrons. The molecule has 0 amide bonds. The van der Waals surface area contributed by atoms with E-state index in [1.54, 1.807) is 28.4 Å². The summed E-state index contributed by atoms with van der Waals surface area (Å²) in [7, 11) is 7.01. The van der Waals surface area contributed by atoms with Crippen LogP contribution >= 0.6 is 0 Å². The van der Waals surface area contributed by atoms with E-state index in [0.29, 0.717) is 0 Å². The third-order valence-corrected chi connectivity index (χ3v) is 18.5. The van der Waals surface area contributed by atoms with E-state index in [-0.39, 0.29) is 17.9 Å². The lowest BCUT2D eigenvalue weighted by molar-refractivity contribution is 0.142. The third-order valence-electron chi connectivity index (χ3n) is 18.5. The first-order chi connectivity index (χ1) is 45.5. The largest absolute Gasteiger partial charge is 0.497 e. The van der Waals surface area contributed by atoms with Crippen LogP contribution in [0.1, 0.15) is 58.6 Å². The van der Waals surface area contributed by atoms with Crippen LogP contribution in [0.5, 0.6) is 17.2 Å². The Bertz CT molecular complexity index is 4600. The molecular weight excluding hydrogens is 1120 g/mol. The monoisotopic (exact) mass is 1190 g/mol. The van der Waals surface area contributed by atoms with Crippen molar-refractivity contribution in [3.63, 3.8) is 0 Å². The molecule has 4 nitrogen and oxygen atoms in total. The van der Waals surface area contributed by atoms with Gasteiger partial charge in [0.15, 0.2) is 0 Å². The molecule has 0 heterocycles. The molecule has 92 heavy (non-hydrogen) atoms. The molecule has 3 unspecified atom stereocenters. The van der Waals surface area contributed by atoms with Crippen molar-refractivity contribution >= 4 is 27.9 Å². The van der Waals surface area contributed by atoms with Crippen LogP contribution in [0.3, 0.4) is 0 Å². The predicted octanol–water partition coefficient (Wildman–Crippen LogP) is 22.3. The van der Waals surface area contributed by atoms with Crippen molar-refractivity contribution in [2.45, 2.75) is 31.3 Å². The Hall–Kier alpha value is -10.8. The smallest absolute Gasteiger partial charge is 0.118 e. The molecule has 0 aliphatic heterocycles. The number of ether oxygens (including phenoxy) is 4. The van der Waals surface area contributed by atoms with Gasteiger partial charge in [-0.2, -0.15) is 0 Å². The highest BCUT2D eigenvalue weighted by molar-refractivity contribution is 6.25. The van der Waals surface area contributed by atoms with Crippen LogP contribution in [0.2, 0.25) is 0 Å². The van der Waals surface area contributed by atoms with Crippen molar-refractivity contribution in [3.05, 3.63) is 348 Å². The summed E-state index contributed by atoms with van der Waals surface area (Å²) in [5.41, 5.74) is 28.2. The molecule has 0 radical (unpaired) electrons. The molecule has 3 aliphatic carbocycles. The van der Waals surface area contributed by atoms with E-state index in [2.05, 4.69) is 309 Å². The SMILES string of the molecule is COc1ccc(-c2c(C3=CCCC=C3)c(-c3ccccc3)c(-c3ccc(-c4ccc(C5=C(c6ccccc6)C(c6ccc(OC)cc6)C(C6=CCC(OC)C=C6)C(c6ccccc6)=C5c5ccccc5)cc4)cc3)c(-c3ccccc3)c2-c2ccc(OC)cc2)cc1. The van der Waals surface area contributed by atoms with Gasteiger partial charge in [0.05, 0.1) is 27.4 Å². The van der Waals surface area contributed by atoms with Gasteiger partial charge in [-0.3, -0.25) is 0 Å². The zero-order chi connectivity index (χ0) is 62.3. The summed E-state index contributed by atoms with van der Waals surface area (Å²) in [4.78, 5) is 0. The molecular formula is C88H72O4. The van der Waals surface area contributed by atoms with E-state index in [1.165, 1.54) is 66.8 Å². The summed E-state index contributed by atoms with van der Waals surface area (Å²) in [5, 5.41) is 0. The van der Waals surface area contributed by atoms with Crippen molar-refractivity contribution in [3.8, 4) is 84.0 Å². The van der Waals surface area contributed by atoms with Crippen molar-refractivity contribution in [2.24, 2.45) is 5.92 Å². The Balaban J connectivity index is 0.996. The number of allylic oxidation sites excluding steroid dienone is 10. The van der Waals surface area contributed by atoms with Crippen LogP contribution in [-0.4, -0.2) is 34.5 Å². The van der Waals surface area contributed by atoms with Gasteiger partial charge < -0.3 is 18.9 Å². The Labute approximate surface area is 541 Å². The van der Waals surface area contributed by atoms with E-state index in [1.807, 2.05) is 0 Å². The van der Waals surface area contributed by atoms with Crippen molar-refractivity contribution in [2.75, 3.05) is 28.4 Å². The predicted molar refractivity (Wildman–Crippen MR) is 383 cm³/mol. The molecule has 0 spiro atoms. The second kappa shape index (κ2) is 26.7. The second-order valence-electron chi connectivity index (χ2n) is 23.7. The van der Waals surface area contributed by atoms with E-state index in [9.17, 15) is 0 Å². The second-order valence-corrected chi connectivity index (χ2v) is 23.7. The first kappa shape index (κ1) is 58.9. The van der Waals surface area contributed by atoms with Gasteiger partial charge in [-0.25, -0.2) is 0 Å². The van der Waals surface area contributed by atoms with Crippen LogP contribution < -0.4 is 14.2 Å². The van der Waals surface area contributed by atoms with E-state index in [0.717, 1.165) is 103 Å². The Morgan fingerprint density at radius 1 is 0.293 bits per heavy atom. The molecule has 3 aliphatic rings. The molecule has 0 fully saturated rings. The van der Waals surface area contributed by atoms with Gasteiger partial charge in [-0.1, -0.05) is 273 Å². The minimum atomic E-state index is -0.105. The lowest BCUT2D eigenvalue weighted by atomic mass is 9.61. The maximum Gasteiger partial charge on any atom is 0.118 e. The van der Waals surface area contributed by atoms with Gasteiger partial charge in [-0.15, -0.1) is 0 Å². The highest BCUT2D eigenvalue weighted by atomic mass is 16.5. The van der Waals surface area contributed by atoms with Gasteiger partial charge in [-0.05, 0) is 189 Å². The maximum atomic E-state index is 5.94. The fraction of sp³-hybridized carbons (Fsp3) is 0.114. The van der Waals surface area contributed by atoms with Crippen LogP contribution in [0, 0.1) is 5.92 Å². The average molecular weight is 1190 g/mol. The number of benzene rings is 11. The Morgan fingerprint density at radius 3 is 1.03 bits per heavy atom. The molecule has 11 aromatic rings. The van der Waals surface area contributed by atoms with Crippen molar-refractivity contribution in [1.82, 2.24) is 0 Å². The summed E-state index contributed by atoms with van der Waals surface area (Å²) in [6, 6.07) is 99.9. The van der Waals surface area contributed by atoms with Crippen LogP contribution in [0.15, 0.2) is 315 Å². The highest BCUT2D eigenvalue weighted by Gasteiger charge is 2.42. The van der Waals surface area contributed by atoms with Gasteiger partial charge in [0.2, 0.25) is 0 Å². The lowest BCUT2D eigenvalue weighted by Crippen LogP contribution is -2.26. The zero-order valence-electron chi connectivity index (χ0n) is 52.4. The number of methoxy groups -OCH3 is 4. The molecule has 0 bridgehead atoms. The van der Waals surface area contributed by atoms with Gasteiger partial charge in [0.25, 0.3) is 0 Å². The minimum Gasteiger partial charge on any atom is -0.497 e. The van der Waals surface area contributed by atoms with Crippen molar-refractivity contribution in [1.29, 1.82) is 0 Å². The van der Waals surface area contributed by atoms with Crippen LogP contribution in [-0.2, 0) is 4.74 Å². The number of hydrogen-bond donors (Lipinski definition) is 0.